The molecule has 1 aliphatic carbocycles. The summed E-state index contributed by atoms with van der Waals surface area (Å²) in [6.45, 7) is 4.36. The Labute approximate surface area is 129 Å². The number of aromatic nitrogens is 2. The zero-order chi connectivity index (χ0) is 14.7. The zero-order valence-corrected chi connectivity index (χ0v) is 13.2. The number of anilines is 1. The molecule has 1 saturated carbocycles. The van der Waals surface area contributed by atoms with E-state index in [0.29, 0.717) is 10.7 Å². The number of aliphatic imine (C=N–C) groups is 1. The van der Waals surface area contributed by atoms with Crippen LogP contribution in [0.25, 0.3) is 0 Å². The van der Waals surface area contributed by atoms with E-state index in [9.17, 15) is 0 Å². The van der Waals surface area contributed by atoms with Crippen LogP contribution in [0.15, 0.2) is 23.5 Å². The van der Waals surface area contributed by atoms with Crippen LogP contribution in [0.4, 0.5) is 5.95 Å². The van der Waals surface area contributed by atoms with Crippen molar-refractivity contribution in [3.05, 3.63) is 18.5 Å². The van der Waals surface area contributed by atoms with E-state index in [2.05, 4.69) is 31.0 Å². The van der Waals surface area contributed by atoms with Crippen LogP contribution >= 0.6 is 11.8 Å². The van der Waals surface area contributed by atoms with E-state index in [1.807, 2.05) is 17.8 Å². The molecule has 0 spiro atoms. The van der Waals surface area contributed by atoms with E-state index in [1.54, 1.807) is 12.4 Å². The molecule has 7 heteroatoms. The Balaban J connectivity index is 1.52. The fraction of sp³-hybridized carbons (Fsp3) is 0.643. The van der Waals surface area contributed by atoms with Gasteiger partial charge in [0.1, 0.15) is 0 Å². The smallest absolute Gasteiger partial charge is 0.225 e. The number of thioether (sulfide) groups is 1. The second-order valence-corrected chi connectivity index (χ2v) is 6.86. The highest BCUT2D eigenvalue weighted by Crippen LogP contribution is 2.47. The lowest BCUT2D eigenvalue weighted by atomic mass is 10.3. The van der Waals surface area contributed by atoms with Gasteiger partial charge in [0.15, 0.2) is 5.96 Å². The third-order valence-electron chi connectivity index (χ3n) is 4.21. The molecule has 3 rings (SSSR count). The van der Waals surface area contributed by atoms with Crippen LogP contribution in [0.1, 0.15) is 12.8 Å². The maximum absolute atomic E-state index is 6.14. The van der Waals surface area contributed by atoms with Gasteiger partial charge in [-0.1, -0.05) is 0 Å². The molecule has 2 N–H and O–H groups in total. The van der Waals surface area contributed by atoms with Gasteiger partial charge in [0, 0.05) is 43.3 Å². The first-order valence-electron chi connectivity index (χ1n) is 7.34. The summed E-state index contributed by atoms with van der Waals surface area (Å²) in [5, 5.41) is 0. The normalized spacial score (nSPS) is 21.5. The summed E-state index contributed by atoms with van der Waals surface area (Å²) < 4.78 is 0.379. The Bertz CT molecular complexity index is 493. The van der Waals surface area contributed by atoms with Gasteiger partial charge in [-0.05, 0) is 25.2 Å². The molecule has 1 aromatic rings. The summed E-state index contributed by atoms with van der Waals surface area (Å²) in [5.74, 6) is 1.48. The Kier molecular flexibility index (Phi) is 4.19. The maximum atomic E-state index is 6.14. The van der Waals surface area contributed by atoms with Gasteiger partial charge in [-0.2, -0.15) is 11.8 Å². The fourth-order valence-corrected chi connectivity index (χ4v) is 3.19. The molecule has 6 nitrogen and oxygen atoms in total. The van der Waals surface area contributed by atoms with E-state index in [1.165, 1.54) is 12.8 Å². The zero-order valence-electron chi connectivity index (χ0n) is 12.4. The molecule has 2 heterocycles. The number of piperazine rings is 1. The minimum absolute atomic E-state index is 0.379. The predicted molar refractivity (Wildman–Crippen MR) is 87.8 cm³/mol. The lowest BCUT2D eigenvalue weighted by Crippen LogP contribution is -2.51. The van der Waals surface area contributed by atoms with Gasteiger partial charge in [0.25, 0.3) is 0 Å². The average Bonchev–Trinajstić information content (AvgIpc) is 3.34. The van der Waals surface area contributed by atoms with Crippen molar-refractivity contribution in [3.63, 3.8) is 0 Å². The van der Waals surface area contributed by atoms with E-state index in [4.69, 9.17) is 5.73 Å². The van der Waals surface area contributed by atoms with E-state index in [0.717, 1.165) is 38.7 Å². The standard InChI is InChI=1S/C14H22N6S/c1-21-14(3-4-14)11-18-12(15)19-7-9-20(10-8-19)13-16-5-2-6-17-13/h2,5-6H,3-4,7-11H2,1H3,(H2,15,18). The second-order valence-electron chi connectivity index (χ2n) is 5.58. The van der Waals surface area contributed by atoms with Gasteiger partial charge in [-0.25, -0.2) is 9.97 Å². The van der Waals surface area contributed by atoms with Crippen LogP contribution in [0, 0.1) is 0 Å². The summed E-state index contributed by atoms with van der Waals surface area (Å²) in [5.41, 5.74) is 6.14. The molecule has 0 radical (unpaired) electrons. The SMILES string of the molecule is CSC1(CN=C(N)N2CCN(c3ncccn3)CC2)CC1. The van der Waals surface area contributed by atoms with Crippen molar-refractivity contribution in [1.29, 1.82) is 0 Å². The molecule has 2 aliphatic rings. The summed E-state index contributed by atoms with van der Waals surface area (Å²) in [7, 11) is 0. The molecule has 2 fully saturated rings. The van der Waals surface area contributed by atoms with Crippen molar-refractivity contribution >= 4 is 23.7 Å². The van der Waals surface area contributed by atoms with E-state index < -0.39 is 0 Å². The van der Waals surface area contributed by atoms with Crippen molar-refractivity contribution in [2.75, 3.05) is 43.9 Å². The number of nitrogens with zero attached hydrogens (tertiary/aromatic N) is 5. The van der Waals surface area contributed by atoms with Gasteiger partial charge in [-0.3, -0.25) is 4.99 Å². The molecule has 1 aromatic heterocycles. The molecule has 1 saturated heterocycles. The molecular formula is C14H22N6S. The third kappa shape index (κ3) is 3.40. The lowest BCUT2D eigenvalue weighted by Gasteiger charge is -2.35. The Morgan fingerprint density at radius 1 is 1.29 bits per heavy atom. The van der Waals surface area contributed by atoms with Gasteiger partial charge < -0.3 is 15.5 Å². The topological polar surface area (TPSA) is 70.6 Å². The van der Waals surface area contributed by atoms with Crippen LogP contribution < -0.4 is 10.6 Å². The van der Waals surface area contributed by atoms with Crippen molar-refractivity contribution in [2.24, 2.45) is 10.7 Å². The van der Waals surface area contributed by atoms with Gasteiger partial charge >= 0.3 is 0 Å². The Morgan fingerprint density at radius 2 is 1.95 bits per heavy atom. The number of rotatable bonds is 4. The van der Waals surface area contributed by atoms with Crippen LogP contribution in [0.3, 0.4) is 0 Å². The number of guanidine groups is 1. The van der Waals surface area contributed by atoms with Crippen LogP contribution in [-0.4, -0.2) is 64.6 Å². The molecule has 0 atom stereocenters. The van der Waals surface area contributed by atoms with Crippen molar-refractivity contribution in [1.82, 2.24) is 14.9 Å². The molecule has 0 aromatic carbocycles. The fourth-order valence-electron chi connectivity index (χ4n) is 2.48. The number of nitrogens with two attached hydrogens (primary N) is 1. The molecule has 0 amide bonds. The molecule has 0 bridgehead atoms. The molecular weight excluding hydrogens is 284 g/mol. The predicted octanol–water partition coefficient (Wildman–Crippen LogP) is 0.809. The first-order valence-corrected chi connectivity index (χ1v) is 8.57. The van der Waals surface area contributed by atoms with E-state index in [-0.39, 0.29) is 0 Å². The second kappa shape index (κ2) is 6.09. The molecule has 114 valence electrons. The molecule has 21 heavy (non-hydrogen) atoms. The summed E-state index contributed by atoms with van der Waals surface area (Å²) in [6, 6.07) is 1.84. The average molecular weight is 306 g/mol. The maximum Gasteiger partial charge on any atom is 0.225 e. The number of hydrogen-bond acceptors (Lipinski definition) is 5. The summed E-state index contributed by atoms with van der Waals surface area (Å²) in [4.78, 5) is 17.5. The van der Waals surface area contributed by atoms with Gasteiger partial charge in [-0.15, -0.1) is 0 Å². The largest absolute Gasteiger partial charge is 0.370 e. The quantitative estimate of drug-likeness (QED) is 0.656. The molecule has 0 unspecified atom stereocenters. The monoisotopic (exact) mass is 306 g/mol. The van der Waals surface area contributed by atoms with Crippen LogP contribution in [0.2, 0.25) is 0 Å². The lowest BCUT2D eigenvalue weighted by molar-refractivity contribution is 0.378. The van der Waals surface area contributed by atoms with Crippen LogP contribution in [-0.2, 0) is 0 Å². The minimum Gasteiger partial charge on any atom is -0.370 e. The Morgan fingerprint density at radius 3 is 2.52 bits per heavy atom. The van der Waals surface area contributed by atoms with E-state index >= 15 is 0 Å². The van der Waals surface area contributed by atoms with Gasteiger partial charge in [0.05, 0.1) is 6.54 Å². The van der Waals surface area contributed by atoms with Crippen molar-refractivity contribution in [3.8, 4) is 0 Å². The Hall–Kier alpha value is -1.50. The van der Waals surface area contributed by atoms with Crippen molar-refractivity contribution < 1.29 is 0 Å². The highest BCUT2D eigenvalue weighted by Gasteiger charge is 2.41. The first kappa shape index (κ1) is 14.4. The van der Waals surface area contributed by atoms with Gasteiger partial charge in [0.2, 0.25) is 5.95 Å². The number of hydrogen-bond donors (Lipinski definition) is 1. The molecule has 1 aliphatic heterocycles. The highest BCUT2D eigenvalue weighted by atomic mass is 32.2. The summed E-state index contributed by atoms with van der Waals surface area (Å²) in [6.07, 6.45) is 8.26. The minimum atomic E-state index is 0.379. The highest BCUT2D eigenvalue weighted by molar-refractivity contribution is 8.00. The third-order valence-corrected chi connectivity index (χ3v) is 5.61. The summed E-state index contributed by atoms with van der Waals surface area (Å²) >= 11 is 1.92. The van der Waals surface area contributed by atoms with Crippen LogP contribution in [0.5, 0.6) is 0 Å². The van der Waals surface area contributed by atoms with Crippen molar-refractivity contribution in [2.45, 2.75) is 17.6 Å². The first-order chi connectivity index (χ1) is 10.2.